The highest BCUT2D eigenvalue weighted by atomic mass is 16.3. The van der Waals surface area contributed by atoms with E-state index in [2.05, 4.69) is 36.9 Å². The molecule has 0 bridgehead atoms. The molecule has 0 spiro atoms. The van der Waals surface area contributed by atoms with Crippen molar-refractivity contribution in [2.75, 3.05) is 13.1 Å². The van der Waals surface area contributed by atoms with E-state index in [4.69, 9.17) is 0 Å². The third kappa shape index (κ3) is 3.42. The smallest absolute Gasteiger partial charge is 0.0764 e. The normalized spacial score (nSPS) is 19.9. The van der Waals surface area contributed by atoms with Gasteiger partial charge in [-0.15, -0.1) is 0 Å². The van der Waals surface area contributed by atoms with Crippen LogP contribution in [0.15, 0.2) is 18.2 Å². The Kier molecular flexibility index (Phi) is 5.62. The molecule has 1 aliphatic carbocycles. The number of nitrogens with zero attached hydrogens (tertiary/aromatic N) is 1. The zero-order valence-corrected chi connectivity index (χ0v) is 13.2. The van der Waals surface area contributed by atoms with Crippen LogP contribution in [0.4, 0.5) is 0 Å². The molecule has 0 saturated carbocycles. The maximum atomic E-state index is 10.00. The summed E-state index contributed by atoms with van der Waals surface area (Å²) in [7, 11) is 0. The zero-order valence-electron chi connectivity index (χ0n) is 13.2. The minimum atomic E-state index is -0.352. The van der Waals surface area contributed by atoms with Gasteiger partial charge in [0.15, 0.2) is 0 Å². The van der Waals surface area contributed by atoms with Crippen LogP contribution in [0.5, 0.6) is 0 Å². The lowest BCUT2D eigenvalue weighted by Gasteiger charge is -2.36. The molecule has 1 aromatic rings. The van der Waals surface area contributed by atoms with Gasteiger partial charge in [-0.05, 0) is 68.8 Å². The van der Waals surface area contributed by atoms with Crippen molar-refractivity contribution < 1.29 is 5.11 Å². The molecule has 0 amide bonds. The van der Waals surface area contributed by atoms with Crippen molar-refractivity contribution in [3.8, 4) is 0 Å². The monoisotopic (exact) mass is 275 g/mol. The summed E-state index contributed by atoms with van der Waals surface area (Å²) in [4.78, 5) is 2.65. The standard InChI is InChI=1S/C18H29NO/c1-4-11-19(12-5-2)16-10-9-15-7-6-8-17(14(3)20)18(15)13-16/h6-8,14,16,20H,4-5,9-13H2,1-3H3/t14?,16-/m0/s1. The second-order valence-electron chi connectivity index (χ2n) is 6.09. The number of benzene rings is 1. The van der Waals surface area contributed by atoms with Crippen LogP contribution in [0.1, 0.15) is 62.8 Å². The van der Waals surface area contributed by atoms with Gasteiger partial charge in [-0.2, -0.15) is 0 Å². The molecule has 112 valence electrons. The molecule has 0 fully saturated rings. The van der Waals surface area contributed by atoms with Gasteiger partial charge in [0, 0.05) is 6.04 Å². The summed E-state index contributed by atoms with van der Waals surface area (Å²) in [6.07, 6.45) is 5.62. The minimum absolute atomic E-state index is 0.352. The molecule has 0 aliphatic heterocycles. The highest BCUT2D eigenvalue weighted by Crippen LogP contribution is 2.30. The second kappa shape index (κ2) is 7.24. The summed E-state index contributed by atoms with van der Waals surface area (Å²) in [6, 6.07) is 7.08. The van der Waals surface area contributed by atoms with Crippen molar-refractivity contribution in [2.24, 2.45) is 0 Å². The van der Waals surface area contributed by atoms with Crippen LogP contribution >= 0.6 is 0 Å². The van der Waals surface area contributed by atoms with E-state index in [1.165, 1.54) is 43.5 Å². The van der Waals surface area contributed by atoms with Gasteiger partial charge in [0.1, 0.15) is 0 Å². The highest BCUT2D eigenvalue weighted by Gasteiger charge is 2.25. The summed E-state index contributed by atoms with van der Waals surface area (Å²) in [6.45, 7) is 8.81. The molecule has 0 aromatic heterocycles. The Labute approximate surface area is 123 Å². The summed E-state index contributed by atoms with van der Waals surface area (Å²) in [5.41, 5.74) is 4.00. The SMILES string of the molecule is CCCN(CCC)[C@H]1CCc2cccc(C(C)O)c2C1. The first-order valence-corrected chi connectivity index (χ1v) is 8.20. The van der Waals surface area contributed by atoms with Crippen molar-refractivity contribution in [2.45, 2.75) is 65.0 Å². The Hall–Kier alpha value is -0.860. The number of aliphatic hydroxyl groups is 1. The molecule has 0 saturated heterocycles. The predicted molar refractivity (Wildman–Crippen MR) is 85.0 cm³/mol. The molecule has 0 heterocycles. The number of aliphatic hydroxyl groups excluding tert-OH is 1. The molecule has 2 rings (SSSR count). The maximum Gasteiger partial charge on any atom is 0.0764 e. The van der Waals surface area contributed by atoms with Crippen molar-refractivity contribution in [3.05, 3.63) is 34.9 Å². The fraction of sp³-hybridized carbons (Fsp3) is 0.667. The third-order valence-corrected chi connectivity index (χ3v) is 4.48. The number of hydrogen-bond donors (Lipinski definition) is 1. The fourth-order valence-corrected chi connectivity index (χ4v) is 3.55. The Morgan fingerprint density at radius 3 is 2.55 bits per heavy atom. The molecule has 2 atom stereocenters. The highest BCUT2D eigenvalue weighted by molar-refractivity contribution is 5.39. The summed E-state index contributed by atoms with van der Waals surface area (Å²) >= 11 is 0. The Morgan fingerprint density at radius 1 is 1.25 bits per heavy atom. The van der Waals surface area contributed by atoms with Crippen LogP contribution in [0.25, 0.3) is 0 Å². The van der Waals surface area contributed by atoms with E-state index in [-0.39, 0.29) is 6.10 Å². The van der Waals surface area contributed by atoms with Crippen molar-refractivity contribution in [1.29, 1.82) is 0 Å². The quantitative estimate of drug-likeness (QED) is 0.855. The maximum absolute atomic E-state index is 10.00. The van der Waals surface area contributed by atoms with Crippen LogP contribution in [-0.4, -0.2) is 29.1 Å². The minimum Gasteiger partial charge on any atom is -0.389 e. The second-order valence-corrected chi connectivity index (χ2v) is 6.09. The Bertz CT molecular complexity index is 421. The average molecular weight is 275 g/mol. The van der Waals surface area contributed by atoms with Gasteiger partial charge in [-0.25, -0.2) is 0 Å². The van der Waals surface area contributed by atoms with Crippen molar-refractivity contribution in [3.63, 3.8) is 0 Å². The Morgan fingerprint density at radius 2 is 1.95 bits per heavy atom. The molecule has 1 N–H and O–H groups in total. The van der Waals surface area contributed by atoms with Gasteiger partial charge in [-0.1, -0.05) is 32.0 Å². The summed E-state index contributed by atoms with van der Waals surface area (Å²) in [5.74, 6) is 0. The summed E-state index contributed by atoms with van der Waals surface area (Å²) < 4.78 is 0. The molecule has 1 aliphatic rings. The van der Waals surface area contributed by atoms with E-state index in [0.717, 1.165) is 18.4 Å². The van der Waals surface area contributed by atoms with Crippen LogP contribution in [0, 0.1) is 0 Å². The fourth-order valence-electron chi connectivity index (χ4n) is 3.55. The van der Waals surface area contributed by atoms with E-state index in [1.807, 2.05) is 6.92 Å². The lowest BCUT2D eigenvalue weighted by atomic mass is 9.83. The van der Waals surface area contributed by atoms with Gasteiger partial charge < -0.3 is 10.0 Å². The number of aryl methyl sites for hydroxylation is 1. The molecule has 0 radical (unpaired) electrons. The topological polar surface area (TPSA) is 23.5 Å². The average Bonchev–Trinajstić information content (AvgIpc) is 2.45. The zero-order chi connectivity index (χ0) is 14.5. The van der Waals surface area contributed by atoms with E-state index in [9.17, 15) is 5.11 Å². The van der Waals surface area contributed by atoms with Crippen LogP contribution in [-0.2, 0) is 12.8 Å². The van der Waals surface area contributed by atoms with E-state index in [1.54, 1.807) is 0 Å². The van der Waals surface area contributed by atoms with Gasteiger partial charge in [0.2, 0.25) is 0 Å². The molecule has 2 heteroatoms. The first-order chi connectivity index (χ1) is 9.67. The predicted octanol–water partition coefficient (Wildman–Crippen LogP) is 3.72. The number of fused-ring (bicyclic) bond motifs is 1. The Balaban J connectivity index is 2.20. The largest absolute Gasteiger partial charge is 0.389 e. The first-order valence-electron chi connectivity index (χ1n) is 8.20. The molecule has 1 unspecified atom stereocenters. The number of rotatable bonds is 6. The lowest BCUT2D eigenvalue weighted by Crippen LogP contribution is -2.40. The van der Waals surface area contributed by atoms with Gasteiger partial charge in [-0.3, -0.25) is 0 Å². The molecular weight excluding hydrogens is 246 g/mol. The van der Waals surface area contributed by atoms with E-state index < -0.39 is 0 Å². The lowest BCUT2D eigenvalue weighted by molar-refractivity contribution is 0.174. The van der Waals surface area contributed by atoms with E-state index >= 15 is 0 Å². The van der Waals surface area contributed by atoms with Gasteiger partial charge >= 0.3 is 0 Å². The molecule has 2 nitrogen and oxygen atoms in total. The first kappa shape index (κ1) is 15.5. The van der Waals surface area contributed by atoms with Crippen molar-refractivity contribution >= 4 is 0 Å². The van der Waals surface area contributed by atoms with Crippen LogP contribution < -0.4 is 0 Å². The van der Waals surface area contributed by atoms with Gasteiger partial charge in [0.05, 0.1) is 6.10 Å². The third-order valence-electron chi connectivity index (χ3n) is 4.48. The molecule has 1 aromatic carbocycles. The van der Waals surface area contributed by atoms with Crippen molar-refractivity contribution in [1.82, 2.24) is 4.90 Å². The van der Waals surface area contributed by atoms with Gasteiger partial charge in [0.25, 0.3) is 0 Å². The summed E-state index contributed by atoms with van der Waals surface area (Å²) in [5, 5.41) is 10.00. The van der Waals surface area contributed by atoms with E-state index in [0.29, 0.717) is 6.04 Å². The molecule has 20 heavy (non-hydrogen) atoms. The molecular formula is C18H29NO. The number of hydrogen-bond acceptors (Lipinski definition) is 2. The van der Waals surface area contributed by atoms with Crippen LogP contribution in [0.2, 0.25) is 0 Å². The van der Waals surface area contributed by atoms with Crippen LogP contribution in [0.3, 0.4) is 0 Å².